The van der Waals surface area contributed by atoms with Crippen molar-refractivity contribution in [2.24, 2.45) is 0 Å². The summed E-state index contributed by atoms with van der Waals surface area (Å²) in [5.41, 5.74) is 0. The minimum Gasteiger partial charge on any atom is -0.480 e. The number of carbonyl (C=O) groups is 1. The van der Waals surface area contributed by atoms with Gasteiger partial charge in [-0.2, -0.15) is 0 Å². The number of carboxylic acids is 1. The smallest absolute Gasteiger partial charge is 0.324 e. The van der Waals surface area contributed by atoms with Crippen LogP contribution in [0.5, 0.6) is 0 Å². The summed E-state index contributed by atoms with van der Waals surface area (Å²) in [6.07, 6.45) is 2.56. The maximum Gasteiger partial charge on any atom is 0.324 e. The highest BCUT2D eigenvalue weighted by atomic mass is 32.2. The van der Waals surface area contributed by atoms with Crippen LogP contribution in [0, 0.1) is 0 Å². The largest absolute Gasteiger partial charge is 0.480 e. The molecule has 0 aliphatic carbocycles. The average molecular weight is 229 g/mol. The summed E-state index contributed by atoms with van der Waals surface area (Å²) in [6.45, 7) is 2.30. The molecular weight excluding hydrogens is 218 g/mol. The van der Waals surface area contributed by atoms with Crippen molar-refractivity contribution in [3.05, 3.63) is 24.5 Å². The lowest BCUT2D eigenvalue weighted by molar-refractivity contribution is -0.139. The van der Waals surface area contributed by atoms with Crippen LogP contribution in [0.4, 0.5) is 0 Å². The third kappa shape index (κ3) is 1.85. The maximum absolute atomic E-state index is 11.9. The zero-order chi connectivity index (χ0) is 11.7. The van der Waals surface area contributed by atoms with E-state index in [2.05, 4.69) is 4.98 Å². The number of rotatable bonds is 3. The average Bonchev–Trinajstić information content (AvgIpc) is 2.18. The summed E-state index contributed by atoms with van der Waals surface area (Å²) < 4.78 is 21.9. The van der Waals surface area contributed by atoms with Crippen molar-refractivity contribution < 1.29 is 18.3 Å². The first-order valence-corrected chi connectivity index (χ1v) is 5.66. The molecule has 1 aromatic heterocycles. The molecular formula is C9H11NO4S. The zero-order valence-corrected chi connectivity index (χ0v) is 9.15. The maximum atomic E-state index is 11.9. The minimum atomic E-state index is -3.90. The van der Waals surface area contributed by atoms with E-state index in [1.165, 1.54) is 18.3 Å². The van der Waals surface area contributed by atoms with E-state index >= 15 is 0 Å². The number of hydrogen-bond donors (Lipinski definition) is 1. The highest BCUT2D eigenvalue weighted by Crippen LogP contribution is 2.24. The molecule has 1 N–H and O–H groups in total. The third-order valence-electron chi connectivity index (χ3n) is 2.13. The summed E-state index contributed by atoms with van der Waals surface area (Å²) >= 11 is 0. The quantitative estimate of drug-likeness (QED) is 0.825. The predicted octanol–water partition coefficient (Wildman–Crippen LogP) is 0.719. The summed E-state index contributed by atoms with van der Waals surface area (Å²) in [5.74, 6) is -1.38. The minimum absolute atomic E-state index is 0.0857. The number of aliphatic carboxylic acids is 1. The first kappa shape index (κ1) is 11.6. The first-order valence-electron chi connectivity index (χ1n) is 4.18. The Morgan fingerprint density at radius 3 is 2.47 bits per heavy atom. The highest BCUT2D eigenvalue weighted by Gasteiger charge is 2.43. The van der Waals surface area contributed by atoms with Crippen LogP contribution >= 0.6 is 0 Å². The standard InChI is InChI=1S/C9H11NO4S/c1-9(2,8(11)12)15(13,14)7-4-3-5-10-6-7/h3-6H,1-2H3,(H,11,12). The highest BCUT2D eigenvalue weighted by molar-refractivity contribution is 7.93. The number of aromatic nitrogens is 1. The van der Waals surface area contributed by atoms with Gasteiger partial charge in [-0.1, -0.05) is 0 Å². The molecule has 0 radical (unpaired) electrons. The summed E-state index contributed by atoms with van der Waals surface area (Å²) in [7, 11) is -3.90. The van der Waals surface area contributed by atoms with Gasteiger partial charge in [0.05, 0.1) is 4.90 Å². The third-order valence-corrected chi connectivity index (χ3v) is 4.51. The molecule has 0 bridgehead atoms. The fourth-order valence-corrected chi connectivity index (χ4v) is 2.19. The fraction of sp³-hybridized carbons (Fsp3) is 0.333. The number of sulfone groups is 1. The predicted molar refractivity (Wildman–Crippen MR) is 53.1 cm³/mol. The molecule has 0 saturated carbocycles. The molecule has 1 aromatic rings. The number of nitrogens with zero attached hydrogens (tertiary/aromatic N) is 1. The second-order valence-corrected chi connectivity index (χ2v) is 6.01. The molecule has 0 atom stereocenters. The van der Waals surface area contributed by atoms with Gasteiger partial charge in [-0.3, -0.25) is 9.78 Å². The Kier molecular flexibility index (Phi) is 2.81. The number of carboxylic acid groups (broad SMARTS) is 1. The summed E-state index contributed by atoms with van der Waals surface area (Å²) in [4.78, 5) is 14.4. The molecule has 82 valence electrons. The Hall–Kier alpha value is -1.43. The molecule has 0 spiro atoms. The van der Waals surface area contributed by atoms with Gasteiger partial charge in [0, 0.05) is 12.4 Å². The van der Waals surface area contributed by atoms with Gasteiger partial charge in [-0.15, -0.1) is 0 Å². The van der Waals surface area contributed by atoms with Gasteiger partial charge in [0.15, 0.2) is 14.6 Å². The van der Waals surface area contributed by atoms with Crippen molar-refractivity contribution in [2.75, 3.05) is 0 Å². The van der Waals surface area contributed by atoms with E-state index < -0.39 is 20.6 Å². The number of hydrogen-bond acceptors (Lipinski definition) is 4. The molecule has 0 saturated heterocycles. The Bertz CT molecular complexity index is 464. The summed E-state index contributed by atoms with van der Waals surface area (Å²) in [5, 5.41) is 8.84. The van der Waals surface area contributed by atoms with Crippen LogP contribution in [0.25, 0.3) is 0 Å². The normalized spacial score (nSPS) is 12.4. The molecule has 1 rings (SSSR count). The van der Waals surface area contributed by atoms with Crippen molar-refractivity contribution in [1.29, 1.82) is 0 Å². The second kappa shape index (κ2) is 3.62. The first-order chi connectivity index (χ1) is 6.80. The van der Waals surface area contributed by atoms with Gasteiger partial charge < -0.3 is 5.11 Å². The molecule has 6 heteroatoms. The molecule has 15 heavy (non-hydrogen) atoms. The van der Waals surface area contributed by atoms with Crippen LogP contribution in [0.15, 0.2) is 29.4 Å². The molecule has 1 heterocycles. The van der Waals surface area contributed by atoms with Crippen LogP contribution in [0.1, 0.15) is 13.8 Å². The van der Waals surface area contributed by atoms with Gasteiger partial charge >= 0.3 is 5.97 Å². The van der Waals surface area contributed by atoms with Crippen molar-refractivity contribution >= 4 is 15.8 Å². The van der Waals surface area contributed by atoms with Crippen LogP contribution in [-0.4, -0.2) is 29.2 Å². The van der Waals surface area contributed by atoms with Crippen LogP contribution in [-0.2, 0) is 14.6 Å². The van der Waals surface area contributed by atoms with Gasteiger partial charge in [0.2, 0.25) is 0 Å². The number of pyridine rings is 1. The fourth-order valence-electron chi connectivity index (χ4n) is 0.916. The van der Waals surface area contributed by atoms with Crippen molar-refractivity contribution in [1.82, 2.24) is 4.98 Å². The Morgan fingerprint density at radius 1 is 1.47 bits per heavy atom. The van der Waals surface area contributed by atoms with Gasteiger partial charge in [-0.25, -0.2) is 8.42 Å². The van der Waals surface area contributed by atoms with Gasteiger partial charge in [-0.05, 0) is 26.0 Å². The van der Waals surface area contributed by atoms with Gasteiger partial charge in [0.25, 0.3) is 0 Å². The SMILES string of the molecule is CC(C)(C(=O)O)S(=O)(=O)c1cccnc1. The lowest BCUT2D eigenvalue weighted by Gasteiger charge is -2.19. The van der Waals surface area contributed by atoms with Crippen LogP contribution in [0.2, 0.25) is 0 Å². The van der Waals surface area contributed by atoms with E-state index in [0.717, 1.165) is 20.0 Å². The summed E-state index contributed by atoms with van der Waals surface area (Å²) in [6, 6.07) is 2.78. The topological polar surface area (TPSA) is 84.3 Å². The van der Waals surface area contributed by atoms with Crippen LogP contribution in [0.3, 0.4) is 0 Å². The Balaban J connectivity index is 3.33. The monoisotopic (exact) mass is 229 g/mol. The van der Waals surface area contributed by atoms with Crippen molar-refractivity contribution in [2.45, 2.75) is 23.5 Å². The van der Waals surface area contributed by atoms with E-state index in [1.807, 2.05) is 0 Å². The van der Waals surface area contributed by atoms with E-state index in [4.69, 9.17) is 5.11 Å². The van der Waals surface area contributed by atoms with Crippen molar-refractivity contribution in [3.8, 4) is 0 Å². The van der Waals surface area contributed by atoms with Crippen LogP contribution < -0.4 is 0 Å². The van der Waals surface area contributed by atoms with E-state index in [9.17, 15) is 13.2 Å². The molecule has 0 aliphatic rings. The Labute approximate surface area is 87.7 Å². The zero-order valence-electron chi connectivity index (χ0n) is 8.34. The van der Waals surface area contributed by atoms with E-state index in [-0.39, 0.29) is 4.90 Å². The van der Waals surface area contributed by atoms with Crippen molar-refractivity contribution in [3.63, 3.8) is 0 Å². The van der Waals surface area contributed by atoms with E-state index in [0.29, 0.717) is 0 Å². The molecule has 0 aliphatic heterocycles. The molecule has 5 nitrogen and oxygen atoms in total. The van der Waals surface area contributed by atoms with E-state index in [1.54, 1.807) is 0 Å². The molecule has 0 aromatic carbocycles. The van der Waals surface area contributed by atoms with Gasteiger partial charge in [0.1, 0.15) is 0 Å². The lowest BCUT2D eigenvalue weighted by Crippen LogP contribution is -2.40. The lowest BCUT2D eigenvalue weighted by atomic mass is 10.2. The molecule has 0 unspecified atom stereocenters. The Morgan fingerprint density at radius 2 is 2.07 bits per heavy atom. The molecule has 0 fully saturated rings. The molecule has 0 amide bonds. The second-order valence-electron chi connectivity index (χ2n) is 3.51.